The van der Waals surface area contributed by atoms with Gasteiger partial charge in [0.25, 0.3) is 0 Å². The molecule has 1 saturated heterocycles. The topological polar surface area (TPSA) is 49.7 Å². The van der Waals surface area contributed by atoms with Crippen molar-refractivity contribution in [1.29, 1.82) is 0 Å². The molecule has 0 radical (unpaired) electrons. The summed E-state index contributed by atoms with van der Waals surface area (Å²) in [7, 11) is 0. The summed E-state index contributed by atoms with van der Waals surface area (Å²) in [5, 5.41) is 20.4. The van der Waals surface area contributed by atoms with Crippen LogP contribution in [0.2, 0.25) is 0 Å². The van der Waals surface area contributed by atoms with Crippen LogP contribution in [0.5, 0.6) is 0 Å². The molecule has 3 heteroatoms. The van der Waals surface area contributed by atoms with Gasteiger partial charge in [-0.25, -0.2) is 0 Å². The quantitative estimate of drug-likeness (QED) is 0.527. The molecule has 1 fully saturated rings. The van der Waals surface area contributed by atoms with E-state index in [1.54, 1.807) is 0 Å². The lowest BCUT2D eigenvalue weighted by Gasteiger charge is -2.21. The number of ether oxygens (including phenoxy) is 1. The fourth-order valence-corrected chi connectivity index (χ4v) is 2.87. The standard InChI is InChI=1S/C20H34O3/c1-3-5-7-9-11-13-17(21)19-15-16-20(23-19)18(22)14-12-10-8-6-4-2/h3,7-10,17-22H,1,4-6,11-16H2,2H3/t17-,18+,19-,20+/m1/s1. The number of unbranched alkanes of at least 4 members (excludes halogenated alkanes) is 1. The molecule has 1 rings (SSSR count). The van der Waals surface area contributed by atoms with Crippen molar-refractivity contribution < 1.29 is 14.9 Å². The van der Waals surface area contributed by atoms with E-state index in [-0.39, 0.29) is 12.2 Å². The molecule has 23 heavy (non-hydrogen) atoms. The first-order valence-electron chi connectivity index (χ1n) is 9.11. The maximum atomic E-state index is 10.2. The van der Waals surface area contributed by atoms with Gasteiger partial charge in [0.1, 0.15) is 0 Å². The van der Waals surface area contributed by atoms with Gasteiger partial charge < -0.3 is 14.9 Å². The van der Waals surface area contributed by atoms with Crippen molar-refractivity contribution in [2.45, 2.75) is 89.1 Å². The Kier molecular flexibility index (Phi) is 11.0. The number of aliphatic hydroxyl groups excluding tert-OH is 2. The molecular weight excluding hydrogens is 288 g/mol. The van der Waals surface area contributed by atoms with Crippen molar-refractivity contribution in [2.75, 3.05) is 0 Å². The zero-order valence-corrected chi connectivity index (χ0v) is 14.6. The molecule has 132 valence electrons. The number of allylic oxidation sites excluding steroid dienone is 5. The average molecular weight is 322 g/mol. The van der Waals surface area contributed by atoms with E-state index in [0.717, 1.165) is 51.4 Å². The lowest BCUT2D eigenvalue weighted by atomic mass is 10.0. The van der Waals surface area contributed by atoms with E-state index in [0.29, 0.717) is 6.42 Å². The fraction of sp³-hybridized carbons (Fsp3) is 0.700. The van der Waals surface area contributed by atoms with Crippen LogP contribution in [0.3, 0.4) is 0 Å². The van der Waals surface area contributed by atoms with Crippen molar-refractivity contribution in [1.82, 2.24) is 0 Å². The molecule has 4 atom stereocenters. The highest BCUT2D eigenvalue weighted by Gasteiger charge is 2.33. The Hall–Kier alpha value is -0.900. The van der Waals surface area contributed by atoms with Crippen molar-refractivity contribution in [3.63, 3.8) is 0 Å². The van der Waals surface area contributed by atoms with Crippen LogP contribution in [0.4, 0.5) is 0 Å². The van der Waals surface area contributed by atoms with Crippen LogP contribution in [0.1, 0.15) is 64.7 Å². The van der Waals surface area contributed by atoms with E-state index >= 15 is 0 Å². The summed E-state index contributed by atoms with van der Waals surface area (Å²) in [5.74, 6) is 0. The van der Waals surface area contributed by atoms with Crippen LogP contribution in [-0.2, 0) is 4.74 Å². The Bertz CT molecular complexity index is 362. The van der Waals surface area contributed by atoms with Crippen molar-refractivity contribution in [3.05, 3.63) is 37.0 Å². The monoisotopic (exact) mass is 322 g/mol. The van der Waals surface area contributed by atoms with Gasteiger partial charge in [-0.15, -0.1) is 6.58 Å². The first-order valence-corrected chi connectivity index (χ1v) is 9.11. The van der Waals surface area contributed by atoms with Gasteiger partial charge in [-0.3, -0.25) is 0 Å². The summed E-state index contributed by atoms with van der Waals surface area (Å²) < 4.78 is 5.88. The first-order chi connectivity index (χ1) is 11.2. The molecule has 0 aromatic heterocycles. The zero-order valence-electron chi connectivity index (χ0n) is 14.6. The largest absolute Gasteiger partial charge is 0.390 e. The smallest absolute Gasteiger partial charge is 0.0840 e. The summed E-state index contributed by atoms with van der Waals surface area (Å²) in [6, 6.07) is 0. The molecule has 1 aliphatic heterocycles. The molecule has 0 aromatic carbocycles. The van der Waals surface area contributed by atoms with E-state index in [9.17, 15) is 10.2 Å². The van der Waals surface area contributed by atoms with Gasteiger partial charge in [-0.2, -0.15) is 0 Å². The molecule has 0 bridgehead atoms. The fourth-order valence-electron chi connectivity index (χ4n) is 2.87. The molecule has 0 aromatic rings. The van der Waals surface area contributed by atoms with Gasteiger partial charge in [0.15, 0.2) is 0 Å². The number of aliphatic hydroxyl groups is 2. The molecule has 3 nitrogen and oxygen atoms in total. The minimum Gasteiger partial charge on any atom is -0.390 e. The minimum atomic E-state index is -0.440. The van der Waals surface area contributed by atoms with E-state index in [1.165, 1.54) is 0 Å². The van der Waals surface area contributed by atoms with Crippen molar-refractivity contribution in [2.24, 2.45) is 0 Å². The third-order valence-corrected chi connectivity index (χ3v) is 4.29. The first kappa shape index (κ1) is 20.1. The van der Waals surface area contributed by atoms with Gasteiger partial charge in [-0.05, 0) is 51.4 Å². The molecule has 0 spiro atoms. The van der Waals surface area contributed by atoms with Crippen molar-refractivity contribution >= 4 is 0 Å². The second-order valence-corrected chi connectivity index (χ2v) is 6.34. The molecule has 0 aliphatic carbocycles. The van der Waals surface area contributed by atoms with E-state index < -0.39 is 12.2 Å². The molecule has 0 amide bonds. The summed E-state index contributed by atoms with van der Waals surface area (Å²) in [4.78, 5) is 0. The van der Waals surface area contributed by atoms with E-state index in [2.05, 4.69) is 37.8 Å². The zero-order chi connectivity index (χ0) is 16.9. The van der Waals surface area contributed by atoms with E-state index in [1.807, 2.05) is 6.08 Å². The second-order valence-electron chi connectivity index (χ2n) is 6.34. The highest BCUT2D eigenvalue weighted by molar-refractivity contribution is 4.90. The van der Waals surface area contributed by atoms with Gasteiger partial charge in [0.05, 0.1) is 24.4 Å². The second kappa shape index (κ2) is 12.5. The van der Waals surface area contributed by atoms with Gasteiger partial charge >= 0.3 is 0 Å². The van der Waals surface area contributed by atoms with Gasteiger partial charge in [0.2, 0.25) is 0 Å². The Morgan fingerprint density at radius 1 is 0.957 bits per heavy atom. The summed E-state index contributed by atoms with van der Waals surface area (Å²) >= 11 is 0. The van der Waals surface area contributed by atoms with Gasteiger partial charge in [-0.1, -0.05) is 43.7 Å². The highest BCUT2D eigenvalue weighted by atomic mass is 16.5. The SMILES string of the molecule is C=CCC=CCC[C@@H](O)[C@H]1CC[C@@H]([C@@H](O)CCC=CCCC)O1. The normalized spacial score (nSPS) is 24.5. The molecule has 1 aliphatic rings. The Labute approximate surface area is 141 Å². The number of hydrogen-bond acceptors (Lipinski definition) is 3. The van der Waals surface area contributed by atoms with Crippen molar-refractivity contribution in [3.8, 4) is 0 Å². The highest BCUT2D eigenvalue weighted by Crippen LogP contribution is 2.27. The molecular formula is C20H34O3. The molecule has 0 saturated carbocycles. The Balaban J connectivity index is 2.21. The van der Waals surface area contributed by atoms with E-state index in [4.69, 9.17) is 4.74 Å². The van der Waals surface area contributed by atoms with Crippen LogP contribution >= 0.6 is 0 Å². The molecule has 1 heterocycles. The minimum absolute atomic E-state index is 0.120. The number of hydrogen-bond donors (Lipinski definition) is 2. The molecule has 0 unspecified atom stereocenters. The average Bonchev–Trinajstić information content (AvgIpc) is 3.04. The summed E-state index contributed by atoms with van der Waals surface area (Å²) in [5.41, 5.74) is 0. The van der Waals surface area contributed by atoms with Crippen LogP contribution < -0.4 is 0 Å². The predicted molar refractivity (Wildman–Crippen MR) is 96.4 cm³/mol. The van der Waals surface area contributed by atoms with Crippen LogP contribution in [0.15, 0.2) is 37.0 Å². The maximum absolute atomic E-state index is 10.2. The lowest BCUT2D eigenvalue weighted by molar-refractivity contribution is -0.0772. The molecule has 2 N–H and O–H groups in total. The third-order valence-electron chi connectivity index (χ3n) is 4.29. The van der Waals surface area contributed by atoms with Crippen LogP contribution in [-0.4, -0.2) is 34.6 Å². The third kappa shape index (κ3) is 8.50. The van der Waals surface area contributed by atoms with Crippen LogP contribution in [0, 0.1) is 0 Å². The van der Waals surface area contributed by atoms with Gasteiger partial charge in [0, 0.05) is 0 Å². The lowest BCUT2D eigenvalue weighted by Crippen LogP contribution is -2.30. The Morgan fingerprint density at radius 2 is 1.48 bits per heavy atom. The number of rotatable bonds is 12. The van der Waals surface area contributed by atoms with Crippen LogP contribution in [0.25, 0.3) is 0 Å². The summed E-state index contributed by atoms with van der Waals surface area (Å²) in [6.45, 7) is 5.83. The predicted octanol–water partition coefficient (Wildman–Crippen LogP) is 4.30. The summed E-state index contributed by atoms with van der Waals surface area (Å²) in [6.07, 6.45) is 17.2. The maximum Gasteiger partial charge on any atom is 0.0840 e. The Morgan fingerprint density at radius 3 is 2.00 bits per heavy atom.